The van der Waals surface area contributed by atoms with Crippen molar-refractivity contribution in [3.63, 3.8) is 0 Å². The highest BCUT2D eigenvalue weighted by Gasteiger charge is 2.23. The Balaban J connectivity index is 1.92. The van der Waals surface area contributed by atoms with Crippen LogP contribution in [0.15, 0.2) is 30.3 Å². The Morgan fingerprint density at radius 1 is 1.47 bits per heavy atom. The molecular weight excluding hydrogens is 192 g/mol. The average molecular weight is 206 g/mol. The minimum Gasteiger partial charge on any atom is -0.446 e. The van der Waals surface area contributed by atoms with Gasteiger partial charge in [-0.25, -0.2) is 4.79 Å². The first-order valence-corrected chi connectivity index (χ1v) is 5.00. The van der Waals surface area contributed by atoms with E-state index >= 15 is 0 Å². The van der Waals surface area contributed by atoms with Gasteiger partial charge in [-0.2, -0.15) is 0 Å². The van der Waals surface area contributed by atoms with Crippen LogP contribution in [-0.2, 0) is 4.74 Å². The standard InChI is InChI=1S/C11H14N2O2/c1-8(9-5-3-2-4-6-9)12-10-7-15-11(14)13-10/h2-6,8,10,12H,7H2,1H3,(H,13,14). The molecule has 1 fully saturated rings. The van der Waals surface area contributed by atoms with Crippen LogP contribution in [0.5, 0.6) is 0 Å². The number of cyclic esters (lactones) is 1. The molecule has 0 radical (unpaired) electrons. The fraction of sp³-hybridized carbons (Fsp3) is 0.364. The minimum absolute atomic E-state index is 0.0901. The predicted octanol–water partition coefficient (Wildman–Crippen LogP) is 1.40. The normalized spacial score (nSPS) is 21.9. The molecule has 2 N–H and O–H groups in total. The lowest BCUT2D eigenvalue weighted by Gasteiger charge is -2.17. The first-order valence-electron chi connectivity index (χ1n) is 5.00. The molecule has 1 heterocycles. The zero-order chi connectivity index (χ0) is 10.7. The molecule has 2 unspecified atom stereocenters. The van der Waals surface area contributed by atoms with Crippen molar-refractivity contribution < 1.29 is 9.53 Å². The minimum atomic E-state index is -0.354. The summed E-state index contributed by atoms with van der Waals surface area (Å²) in [4.78, 5) is 10.8. The van der Waals surface area contributed by atoms with Crippen LogP contribution in [0.25, 0.3) is 0 Å². The third-order valence-corrected chi connectivity index (χ3v) is 2.42. The fourth-order valence-corrected chi connectivity index (χ4v) is 1.61. The molecule has 15 heavy (non-hydrogen) atoms. The van der Waals surface area contributed by atoms with Crippen LogP contribution in [0.4, 0.5) is 4.79 Å². The number of ether oxygens (including phenoxy) is 1. The monoisotopic (exact) mass is 206 g/mol. The highest BCUT2D eigenvalue weighted by molar-refractivity contribution is 5.69. The number of amides is 1. The van der Waals surface area contributed by atoms with Crippen molar-refractivity contribution in [2.24, 2.45) is 0 Å². The van der Waals surface area contributed by atoms with Crippen LogP contribution in [0.3, 0.4) is 0 Å². The van der Waals surface area contributed by atoms with Crippen molar-refractivity contribution in [1.29, 1.82) is 0 Å². The van der Waals surface area contributed by atoms with Crippen molar-refractivity contribution in [3.05, 3.63) is 35.9 Å². The van der Waals surface area contributed by atoms with E-state index in [9.17, 15) is 4.79 Å². The number of nitrogens with one attached hydrogen (secondary N) is 2. The molecule has 0 bridgehead atoms. The molecule has 80 valence electrons. The molecule has 1 saturated heterocycles. The smallest absolute Gasteiger partial charge is 0.408 e. The number of carbonyl (C=O) groups excluding carboxylic acids is 1. The lowest BCUT2D eigenvalue weighted by atomic mass is 10.1. The Labute approximate surface area is 88.6 Å². The first-order chi connectivity index (χ1) is 7.25. The first kappa shape index (κ1) is 9.98. The molecular formula is C11H14N2O2. The van der Waals surface area contributed by atoms with E-state index in [1.54, 1.807) is 0 Å². The van der Waals surface area contributed by atoms with Crippen LogP contribution in [-0.4, -0.2) is 18.9 Å². The van der Waals surface area contributed by atoms with Crippen LogP contribution in [0, 0.1) is 0 Å². The van der Waals surface area contributed by atoms with Gasteiger partial charge < -0.3 is 10.1 Å². The lowest BCUT2D eigenvalue weighted by Crippen LogP contribution is -2.41. The van der Waals surface area contributed by atoms with Gasteiger partial charge in [-0.05, 0) is 12.5 Å². The van der Waals surface area contributed by atoms with Gasteiger partial charge in [0.1, 0.15) is 12.8 Å². The van der Waals surface area contributed by atoms with Crippen LogP contribution >= 0.6 is 0 Å². The van der Waals surface area contributed by atoms with Crippen LogP contribution in [0.1, 0.15) is 18.5 Å². The van der Waals surface area contributed by atoms with Crippen molar-refractivity contribution in [3.8, 4) is 0 Å². The van der Waals surface area contributed by atoms with Gasteiger partial charge in [-0.15, -0.1) is 0 Å². The number of rotatable bonds is 3. The van der Waals surface area contributed by atoms with Gasteiger partial charge in [0.15, 0.2) is 0 Å². The summed E-state index contributed by atoms with van der Waals surface area (Å²) in [5.41, 5.74) is 1.19. The van der Waals surface area contributed by atoms with Crippen LogP contribution in [0.2, 0.25) is 0 Å². The Kier molecular flexibility index (Phi) is 2.87. The number of carbonyl (C=O) groups is 1. The van der Waals surface area contributed by atoms with E-state index in [2.05, 4.69) is 29.7 Å². The molecule has 0 aromatic heterocycles. The molecule has 0 saturated carbocycles. The highest BCUT2D eigenvalue weighted by atomic mass is 16.6. The van der Waals surface area contributed by atoms with E-state index in [4.69, 9.17) is 4.74 Å². The zero-order valence-electron chi connectivity index (χ0n) is 8.57. The summed E-state index contributed by atoms with van der Waals surface area (Å²) in [5, 5.41) is 5.95. The van der Waals surface area contributed by atoms with Crippen molar-refractivity contribution in [2.75, 3.05) is 6.61 Å². The molecule has 1 aliphatic heterocycles. The molecule has 4 heteroatoms. The topological polar surface area (TPSA) is 50.4 Å². The van der Waals surface area contributed by atoms with E-state index in [0.717, 1.165) is 0 Å². The van der Waals surface area contributed by atoms with Crippen molar-refractivity contribution >= 4 is 6.09 Å². The predicted molar refractivity (Wildman–Crippen MR) is 56.3 cm³/mol. The molecule has 1 aliphatic rings. The van der Waals surface area contributed by atoms with Crippen LogP contribution < -0.4 is 10.6 Å². The summed E-state index contributed by atoms with van der Waals surface area (Å²) in [6.45, 7) is 2.44. The summed E-state index contributed by atoms with van der Waals surface area (Å²) in [5.74, 6) is 0. The van der Waals surface area contributed by atoms with E-state index in [-0.39, 0.29) is 18.3 Å². The second kappa shape index (κ2) is 4.31. The number of hydrogen-bond acceptors (Lipinski definition) is 3. The summed E-state index contributed by atoms with van der Waals surface area (Å²) in [6.07, 6.45) is -0.444. The quantitative estimate of drug-likeness (QED) is 0.786. The van der Waals surface area contributed by atoms with Crippen molar-refractivity contribution in [2.45, 2.75) is 19.1 Å². The van der Waals surface area contributed by atoms with E-state index in [1.165, 1.54) is 5.56 Å². The maximum atomic E-state index is 10.8. The summed E-state index contributed by atoms with van der Waals surface area (Å²) < 4.78 is 4.79. The van der Waals surface area contributed by atoms with Gasteiger partial charge in [0, 0.05) is 6.04 Å². The summed E-state index contributed by atoms with van der Waals surface area (Å²) >= 11 is 0. The van der Waals surface area contributed by atoms with Gasteiger partial charge in [-0.1, -0.05) is 30.3 Å². The van der Waals surface area contributed by atoms with Gasteiger partial charge in [0.05, 0.1) is 0 Å². The van der Waals surface area contributed by atoms with E-state index in [0.29, 0.717) is 6.61 Å². The number of alkyl carbamates (subject to hydrolysis) is 1. The van der Waals surface area contributed by atoms with Gasteiger partial charge >= 0.3 is 6.09 Å². The Morgan fingerprint density at radius 2 is 2.20 bits per heavy atom. The Morgan fingerprint density at radius 3 is 2.80 bits per heavy atom. The molecule has 2 rings (SSSR count). The van der Waals surface area contributed by atoms with Gasteiger partial charge in [0.25, 0.3) is 0 Å². The highest BCUT2D eigenvalue weighted by Crippen LogP contribution is 2.12. The SMILES string of the molecule is CC(NC1COC(=O)N1)c1ccccc1. The van der Waals surface area contributed by atoms with E-state index < -0.39 is 0 Å². The van der Waals surface area contributed by atoms with Gasteiger partial charge in [0.2, 0.25) is 0 Å². The summed E-state index contributed by atoms with van der Waals surface area (Å²) in [7, 11) is 0. The Hall–Kier alpha value is -1.55. The van der Waals surface area contributed by atoms with Crippen molar-refractivity contribution in [1.82, 2.24) is 10.6 Å². The molecule has 4 nitrogen and oxygen atoms in total. The molecule has 1 amide bonds. The maximum Gasteiger partial charge on any atom is 0.408 e. The van der Waals surface area contributed by atoms with E-state index in [1.807, 2.05) is 18.2 Å². The second-order valence-electron chi connectivity index (χ2n) is 3.59. The zero-order valence-corrected chi connectivity index (χ0v) is 8.57. The number of benzene rings is 1. The lowest BCUT2D eigenvalue weighted by molar-refractivity contribution is 0.175. The second-order valence-corrected chi connectivity index (χ2v) is 3.59. The molecule has 0 spiro atoms. The largest absolute Gasteiger partial charge is 0.446 e. The third-order valence-electron chi connectivity index (χ3n) is 2.42. The fourth-order valence-electron chi connectivity index (χ4n) is 1.61. The number of hydrogen-bond donors (Lipinski definition) is 2. The summed E-state index contributed by atoms with van der Waals surface area (Å²) in [6, 6.07) is 10.3. The molecule has 1 aromatic rings. The third kappa shape index (κ3) is 2.47. The molecule has 2 atom stereocenters. The average Bonchev–Trinajstić information content (AvgIpc) is 2.65. The Bertz CT molecular complexity index is 340. The van der Waals surface area contributed by atoms with Gasteiger partial charge in [-0.3, -0.25) is 5.32 Å². The molecule has 0 aliphatic carbocycles. The maximum absolute atomic E-state index is 10.8. The molecule has 1 aromatic carbocycles.